The summed E-state index contributed by atoms with van der Waals surface area (Å²) in [6.45, 7) is 4.38. The summed E-state index contributed by atoms with van der Waals surface area (Å²) in [7, 11) is 3.77. The third kappa shape index (κ3) is 3.73. The zero-order chi connectivity index (χ0) is 8.81. The van der Waals surface area contributed by atoms with Gasteiger partial charge in [-0.25, -0.2) is 0 Å². The van der Waals surface area contributed by atoms with Crippen LogP contribution >= 0.6 is 45.1 Å². The topological polar surface area (TPSA) is 0 Å². The molecule has 0 aromatic heterocycles. The summed E-state index contributed by atoms with van der Waals surface area (Å²) >= 11 is 3.84. The molecule has 12 heavy (non-hydrogen) atoms. The van der Waals surface area contributed by atoms with Crippen LogP contribution in [0.25, 0.3) is 0 Å². The maximum absolute atomic E-state index is 2.23. The molecule has 0 N–H and O–H groups in total. The molecule has 0 atom stereocenters. The Balaban J connectivity index is 2.42. The van der Waals surface area contributed by atoms with Crippen molar-refractivity contribution in [2.75, 3.05) is 11.5 Å². The molecule has 1 aliphatic heterocycles. The number of thioether (sulfide) groups is 2. The highest BCUT2D eigenvalue weighted by atomic mass is 33.1. The smallest absolute Gasteiger partial charge is 0.0514 e. The number of hydrogen-bond acceptors (Lipinski definition) is 4. The van der Waals surface area contributed by atoms with Crippen LogP contribution in [-0.4, -0.2) is 11.5 Å². The Morgan fingerprint density at radius 2 is 1.42 bits per heavy atom. The summed E-state index contributed by atoms with van der Waals surface area (Å²) in [4.78, 5) is 0. The number of rotatable bonds is 4. The summed E-state index contributed by atoms with van der Waals surface area (Å²) < 4.78 is 2.87. The number of allylic oxidation sites excluding steroid dienone is 2. The maximum atomic E-state index is 2.23. The van der Waals surface area contributed by atoms with E-state index in [1.54, 1.807) is 0 Å². The lowest BCUT2D eigenvalue weighted by molar-refractivity contribution is 1.53. The standard InChI is InChI=1S/C8H12S4/c1-3-9-7-5-6-8(10-4-2)12-11-7/h5-6H,3-4H2,1-2H3. The molecule has 1 rings (SSSR count). The van der Waals surface area contributed by atoms with Crippen LogP contribution in [0.5, 0.6) is 0 Å². The molecule has 0 spiro atoms. The van der Waals surface area contributed by atoms with Gasteiger partial charge in [-0.05, 0) is 45.2 Å². The molecular formula is C8H12S4. The second-order valence-corrected chi connectivity index (χ2v) is 7.35. The first-order valence-electron chi connectivity index (χ1n) is 3.89. The molecule has 0 saturated heterocycles. The van der Waals surface area contributed by atoms with Gasteiger partial charge in [0, 0.05) is 0 Å². The van der Waals surface area contributed by atoms with Crippen molar-refractivity contribution in [1.29, 1.82) is 0 Å². The van der Waals surface area contributed by atoms with E-state index in [1.165, 1.54) is 20.0 Å². The SMILES string of the molecule is CCSC1=CC=C(SCC)SS1. The molecule has 0 saturated carbocycles. The van der Waals surface area contributed by atoms with E-state index >= 15 is 0 Å². The Kier molecular flexibility index (Phi) is 5.80. The lowest BCUT2D eigenvalue weighted by atomic mass is 10.6. The fraction of sp³-hybridized carbons (Fsp3) is 0.500. The van der Waals surface area contributed by atoms with E-state index in [0.29, 0.717) is 0 Å². The minimum Gasteiger partial charge on any atom is -0.119 e. The average Bonchev–Trinajstić information content (AvgIpc) is 2.09. The average molecular weight is 236 g/mol. The predicted molar refractivity (Wildman–Crippen MR) is 67.6 cm³/mol. The van der Waals surface area contributed by atoms with E-state index in [9.17, 15) is 0 Å². The van der Waals surface area contributed by atoms with Crippen LogP contribution in [0.4, 0.5) is 0 Å². The second kappa shape index (κ2) is 6.35. The lowest BCUT2D eigenvalue weighted by Crippen LogP contribution is -1.77. The lowest BCUT2D eigenvalue weighted by Gasteiger charge is -2.10. The van der Waals surface area contributed by atoms with Gasteiger partial charge in [0.15, 0.2) is 0 Å². The van der Waals surface area contributed by atoms with E-state index in [4.69, 9.17) is 0 Å². The Hall–Kier alpha value is 0.880. The molecule has 0 aromatic carbocycles. The normalized spacial score (nSPS) is 17.2. The molecular weight excluding hydrogens is 224 g/mol. The molecule has 1 heterocycles. The summed E-state index contributed by atoms with van der Waals surface area (Å²) in [5.41, 5.74) is 0. The molecule has 1 aliphatic rings. The first-order valence-corrected chi connectivity index (χ1v) is 8.01. The highest BCUT2D eigenvalue weighted by Crippen LogP contribution is 2.48. The molecule has 0 aromatic rings. The summed E-state index contributed by atoms with van der Waals surface area (Å²) in [5.74, 6) is 2.34. The van der Waals surface area contributed by atoms with Crippen LogP contribution < -0.4 is 0 Å². The van der Waals surface area contributed by atoms with E-state index in [2.05, 4.69) is 26.0 Å². The van der Waals surface area contributed by atoms with Gasteiger partial charge in [0.25, 0.3) is 0 Å². The Bertz CT molecular complexity index is 173. The van der Waals surface area contributed by atoms with Crippen molar-refractivity contribution >= 4 is 45.1 Å². The van der Waals surface area contributed by atoms with Crippen LogP contribution in [0.2, 0.25) is 0 Å². The first-order chi connectivity index (χ1) is 5.86. The molecule has 0 amide bonds. The van der Waals surface area contributed by atoms with Crippen molar-refractivity contribution < 1.29 is 0 Å². The molecule has 0 fully saturated rings. The quantitative estimate of drug-likeness (QED) is 0.655. The van der Waals surface area contributed by atoms with Crippen molar-refractivity contribution in [3.05, 3.63) is 20.6 Å². The minimum absolute atomic E-state index is 1.17. The van der Waals surface area contributed by atoms with Crippen LogP contribution in [-0.2, 0) is 0 Å². The van der Waals surface area contributed by atoms with Gasteiger partial charge in [-0.3, -0.25) is 0 Å². The molecule has 68 valence electrons. The Morgan fingerprint density at radius 1 is 1.00 bits per heavy atom. The minimum atomic E-state index is 1.17. The number of hydrogen-bond donors (Lipinski definition) is 0. The third-order valence-electron chi connectivity index (χ3n) is 1.13. The summed E-state index contributed by atoms with van der Waals surface area (Å²) in [6, 6.07) is 0. The van der Waals surface area contributed by atoms with E-state index in [0.717, 1.165) is 0 Å². The van der Waals surface area contributed by atoms with Crippen LogP contribution in [0.1, 0.15) is 13.8 Å². The van der Waals surface area contributed by atoms with Crippen LogP contribution in [0.15, 0.2) is 20.6 Å². The molecule has 4 heteroatoms. The van der Waals surface area contributed by atoms with Crippen molar-refractivity contribution in [2.45, 2.75) is 13.8 Å². The largest absolute Gasteiger partial charge is 0.119 e. The zero-order valence-electron chi connectivity index (χ0n) is 7.20. The van der Waals surface area contributed by atoms with Crippen molar-refractivity contribution in [3.63, 3.8) is 0 Å². The second-order valence-electron chi connectivity index (χ2n) is 2.00. The molecule has 0 aliphatic carbocycles. The Morgan fingerprint density at radius 3 is 1.67 bits per heavy atom. The van der Waals surface area contributed by atoms with Gasteiger partial charge in [0.1, 0.15) is 0 Å². The fourth-order valence-corrected chi connectivity index (χ4v) is 5.41. The van der Waals surface area contributed by atoms with Gasteiger partial charge < -0.3 is 0 Å². The highest BCUT2D eigenvalue weighted by Gasteiger charge is 2.07. The van der Waals surface area contributed by atoms with Crippen molar-refractivity contribution in [2.24, 2.45) is 0 Å². The van der Waals surface area contributed by atoms with Crippen molar-refractivity contribution in [1.82, 2.24) is 0 Å². The molecule has 0 unspecified atom stereocenters. The third-order valence-corrected chi connectivity index (χ3v) is 6.40. The van der Waals surface area contributed by atoms with Gasteiger partial charge in [0.2, 0.25) is 0 Å². The molecule has 0 bridgehead atoms. The van der Waals surface area contributed by atoms with E-state index in [-0.39, 0.29) is 0 Å². The van der Waals surface area contributed by atoms with Gasteiger partial charge >= 0.3 is 0 Å². The van der Waals surface area contributed by atoms with Crippen LogP contribution in [0, 0.1) is 0 Å². The zero-order valence-corrected chi connectivity index (χ0v) is 10.5. The predicted octanol–water partition coefficient (Wildman–Crippen LogP) is 4.57. The summed E-state index contributed by atoms with van der Waals surface area (Å²) in [5, 5.41) is 0. The van der Waals surface area contributed by atoms with Gasteiger partial charge in [0.05, 0.1) is 8.47 Å². The van der Waals surface area contributed by atoms with Gasteiger partial charge in [-0.2, -0.15) is 0 Å². The monoisotopic (exact) mass is 236 g/mol. The van der Waals surface area contributed by atoms with Crippen LogP contribution in [0.3, 0.4) is 0 Å². The van der Waals surface area contributed by atoms with Gasteiger partial charge in [-0.1, -0.05) is 13.8 Å². The fourth-order valence-electron chi connectivity index (χ4n) is 0.703. The molecule has 0 radical (unpaired) electrons. The van der Waals surface area contributed by atoms with E-state index in [1.807, 2.05) is 45.1 Å². The Labute approximate surface area is 90.8 Å². The molecule has 0 nitrogen and oxygen atoms in total. The van der Waals surface area contributed by atoms with Crippen molar-refractivity contribution in [3.8, 4) is 0 Å². The highest BCUT2D eigenvalue weighted by molar-refractivity contribution is 8.83. The first kappa shape index (κ1) is 11.0. The van der Waals surface area contributed by atoms with E-state index < -0.39 is 0 Å². The summed E-state index contributed by atoms with van der Waals surface area (Å²) in [6.07, 6.45) is 4.46. The maximum Gasteiger partial charge on any atom is 0.0514 e. The van der Waals surface area contributed by atoms with Gasteiger partial charge in [-0.15, -0.1) is 23.5 Å².